The van der Waals surface area contributed by atoms with Gasteiger partial charge in [0.05, 0.1) is 0 Å². The standard InChI is InChI=1S/C7F16/c8-1(4(12,13)14,5(15,16)17)3(10,11)2(9,6(18,19)20)7(21,22)23. The molecule has 0 aromatic rings. The van der Waals surface area contributed by atoms with Crippen molar-refractivity contribution in [1.29, 1.82) is 0 Å². The summed E-state index contributed by atoms with van der Waals surface area (Å²) >= 11 is 0. The van der Waals surface area contributed by atoms with E-state index in [9.17, 15) is 70.2 Å². The van der Waals surface area contributed by atoms with Crippen molar-refractivity contribution in [2.24, 2.45) is 0 Å². The Bertz CT molecular complexity index is 359. The summed E-state index contributed by atoms with van der Waals surface area (Å²) in [6.45, 7) is 0. The Labute approximate surface area is 114 Å². The second-order valence-corrected chi connectivity index (χ2v) is 3.88. The van der Waals surface area contributed by atoms with Crippen LogP contribution < -0.4 is 0 Å². The molecule has 0 aliphatic carbocycles. The minimum atomic E-state index is -8.69. The van der Waals surface area contributed by atoms with Gasteiger partial charge in [-0.1, -0.05) is 0 Å². The number of rotatable bonds is 2. The molecule has 0 aliphatic heterocycles. The van der Waals surface area contributed by atoms with E-state index in [1.165, 1.54) is 0 Å². The van der Waals surface area contributed by atoms with Gasteiger partial charge in [-0.15, -0.1) is 0 Å². The summed E-state index contributed by atoms with van der Waals surface area (Å²) in [6.07, 6.45) is -32.3. The second kappa shape index (κ2) is 4.94. The third-order valence-corrected chi connectivity index (χ3v) is 2.43. The van der Waals surface area contributed by atoms with Crippen molar-refractivity contribution in [2.75, 3.05) is 0 Å². The van der Waals surface area contributed by atoms with Crippen LogP contribution in [0.1, 0.15) is 0 Å². The van der Waals surface area contributed by atoms with Gasteiger partial charge in [0.15, 0.2) is 0 Å². The molecule has 0 rings (SSSR count). The molecule has 0 spiro atoms. The Morgan fingerprint density at radius 2 is 0.391 bits per heavy atom. The van der Waals surface area contributed by atoms with Crippen molar-refractivity contribution in [2.45, 2.75) is 42.0 Å². The summed E-state index contributed by atoms with van der Waals surface area (Å²) in [5.41, 5.74) is -17.0. The van der Waals surface area contributed by atoms with E-state index in [-0.39, 0.29) is 0 Å². The zero-order valence-corrected chi connectivity index (χ0v) is 9.55. The minimum absolute atomic E-state index is 8.07. The van der Waals surface area contributed by atoms with Crippen LogP contribution in [0.2, 0.25) is 0 Å². The molecule has 0 unspecified atom stereocenters. The summed E-state index contributed by atoms with van der Waals surface area (Å²) in [5.74, 6) is -8.69. The number of halogens is 16. The molecule has 0 bridgehead atoms. The van der Waals surface area contributed by atoms with Crippen molar-refractivity contribution < 1.29 is 70.2 Å². The molecule has 0 atom stereocenters. The third kappa shape index (κ3) is 2.66. The summed E-state index contributed by atoms with van der Waals surface area (Å²) in [4.78, 5) is 0. The topological polar surface area (TPSA) is 0 Å². The van der Waals surface area contributed by atoms with Gasteiger partial charge in [0.2, 0.25) is 0 Å². The van der Waals surface area contributed by atoms with Gasteiger partial charge in [-0.05, 0) is 0 Å². The molecule has 0 fully saturated rings. The first-order valence-corrected chi connectivity index (χ1v) is 4.52. The van der Waals surface area contributed by atoms with Crippen LogP contribution in [0.4, 0.5) is 70.2 Å². The zero-order chi connectivity index (χ0) is 19.5. The molecular weight excluding hydrogens is 388 g/mol. The summed E-state index contributed by atoms with van der Waals surface area (Å²) in [6, 6.07) is 0. The van der Waals surface area contributed by atoms with Gasteiger partial charge in [-0.2, -0.15) is 61.5 Å². The summed E-state index contributed by atoms with van der Waals surface area (Å²) in [5, 5.41) is 0. The second-order valence-electron chi connectivity index (χ2n) is 3.88. The monoisotopic (exact) mass is 388 g/mol. The predicted octanol–water partition coefficient (Wildman–Crippen LogP) is 5.29. The normalized spacial score (nSPS) is 16.7. The molecule has 0 N–H and O–H groups in total. The highest BCUT2D eigenvalue weighted by Gasteiger charge is 2.98. The van der Waals surface area contributed by atoms with Gasteiger partial charge < -0.3 is 0 Å². The maximum atomic E-state index is 12.9. The Hall–Kier alpha value is -1.12. The van der Waals surface area contributed by atoms with Crippen molar-refractivity contribution in [3.63, 3.8) is 0 Å². The Morgan fingerprint density at radius 3 is 0.478 bits per heavy atom. The lowest BCUT2D eigenvalue weighted by atomic mass is 9.82. The maximum absolute atomic E-state index is 12.9. The number of hydrogen-bond acceptors (Lipinski definition) is 0. The highest BCUT2D eigenvalue weighted by molar-refractivity contribution is 5.18. The molecule has 0 radical (unpaired) electrons. The van der Waals surface area contributed by atoms with E-state index >= 15 is 0 Å². The molecule has 0 heterocycles. The number of alkyl halides is 16. The Balaban J connectivity index is 6.94. The third-order valence-electron chi connectivity index (χ3n) is 2.43. The van der Waals surface area contributed by atoms with Gasteiger partial charge in [-0.3, -0.25) is 0 Å². The van der Waals surface area contributed by atoms with E-state index < -0.39 is 42.0 Å². The Kier molecular flexibility index (Phi) is 4.70. The van der Waals surface area contributed by atoms with Gasteiger partial charge in [0.1, 0.15) is 0 Å². The van der Waals surface area contributed by atoms with Crippen molar-refractivity contribution in [1.82, 2.24) is 0 Å². The smallest absolute Gasteiger partial charge is 0.216 e. The minimum Gasteiger partial charge on any atom is -0.216 e. The SMILES string of the molecule is FC(F)(F)C(F)(C(F)(F)F)C(F)(F)C(F)(C(F)(F)F)C(F)(F)F. The lowest BCUT2D eigenvalue weighted by Crippen LogP contribution is -2.77. The van der Waals surface area contributed by atoms with E-state index in [1.807, 2.05) is 0 Å². The van der Waals surface area contributed by atoms with E-state index in [2.05, 4.69) is 0 Å². The average Bonchev–Trinajstić information content (AvgIpc) is 2.19. The van der Waals surface area contributed by atoms with Crippen molar-refractivity contribution in [3.05, 3.63) is 0 Å². The maximum Gasteiger partial charge on any atom is 0.437 e. The molecular formula is C7F16. The van der Waals surface area contributed by atoms with Crippen LogP contribution in [0.15, 0.2) is 0 Å². The van der Waals surface area contributed by atoms with E-state index in [1.54, 1.807) is 0 Å². The fraction of sp³-hybridized carbons (Fsp3) is 1.00. The van der Waals surface area contributed by atoms with Gasteiger partial charge in [0.25, 0.3) is 0 Å². The predicted molar refractivity (Wildman–Crippen MR) is 36.8 cm³/mol. The molecule has 0 nitrogen and oxygen atoms in total. The molecule has 140 valence electrons. The van der Waals surface area contributed by atoms with Crippen molar-refractivity contribution in [3.8, 4) is 0 Å². The van der Waals surface area contributed by atoms with Crippen LogP contribution in [0, 0.1) is 0 Å². The van der Waals surface area contributed by atoms with E-state index in [0.717, 1.165) is 0 Å². The fourth-order valence-corrected chi connectivity index (χ4v) is 1.27. The first-order chi connectivity index (χ1) is 9.50. The molecule has 0 saturated carbocycles. The van der Waals surface area contributed by atoms with Gasteiger partial charge >= 0.3 is 42.0 Å². The van der Waals surface area contributed by atoms with Crippen LogP contribution in [0.25, 0.3) is 0 Å². The molecule has 0 aromatic heterocycles. The zero-order valence-electron chi connectivity index (χ0n) is 9.55. The average molecular weight is 388 g/mol. The highest BCUT2D eigenvalue weighted by Crippen LogP contribution is 2.65. The lowest BCUT2D eigenvalue weighted by Gasteiger charge is -2.43. The van der Waals surface area contributed by atoms with Gasteiger partial charge in [-0.25, -0.2) is 8.78 Å². The molecule has 0 saturated heterocycles. The van der Waals surface area contributed by atoms with Crippen LogP contribution in [-0.2, 0) is 0 Å². The van der Waals surface area contributed by atoms with Crippen LogP contribution in [0.5, 0.6) is 0 Å². The highest BCUT2D eigenvalue weighted by atomic mass is 19.4. The quantitative estimate of drug-likeness (QED) is 0.565. The molecule has 0 aliphatic rings. The molecule has 0 amide bonds. The first kappa shape index (κ1) is 21.9. The summed E-state index contributed by atoms with van der Waals surface area (Å²) < 4.78 is 195. The molecule has 23 heavy (non-hydrogen) atoms. The van der Waals surface area contributed by atoms with Gasteiger partial charge in [0, 0.05) is 0 Å². The van der Waals surface area contributed by atoms with Crippen LogP contribution in [0.3, 0.4) is 0 Å². The van der Waals surface area contributed by atoms with Crippen LogP contribution >= 0.6 is 0 Å². The molecule has 0 aromatic carbocycles. The Morgan fingerprint density at radius 1 is 0.261 bits per heavy atom. The fourth-order valence-electron chi connectivity index (χ4n) is 1.27. The van der Waals surface area contributed by atoms with Crippen molar-refractivity contribution >= 4 is 0 Å². The van der Waals surface area contributed by atoms with E-state index in [0.29, 0.717) is 0 Å². The largest absolute Gasteiger partial charge is 0.437 e. The lowest BCUT2D eigenvalue weighted by molar-refractivity contribution is -0.468. The molecule has 16 heteroatoms. The first-order valence-electron chi connectivity index (χ1n) is 4.52. The van der Waals surface area contributed by atoms with E-state index in [4.69, 9.17) is 0 Å². The summed E-state index contributed by atoms with van der Waals surface area (Å²) in [7, 11) is 0. The van der Waals surface area contributed by atoms with Crippen LogP contribution in [-0.4, -0.2) is 42.0 Å². The number of hydrogen-bond donors (Lipinski definition) is 0.